The van der Waals surface area contributed by atoms with Crippen LogP contribution < -0.4 is 9.47 Å². The summed E-state index contributed by atoms with van der Waals surface area (Å²) < 4.78 is 17.5. The van der Waals surface area contributed by atoms with Gasteiger partial charge < -0.3 is 14.2 Å². The number of amidine groups is 1. The van der Waals surface area contributed by atoms with Gasteiger partial charge in [-0.25, -0.2) is 9.79 Å². The minimum absolute atomic E-state index is 0.140. The van der Waals surface area contributed by atoms with Crippen molar-refractivity contribution in [3.05, 3.63) is 92.3 Å². The zero-order valence-electron chi connectivity index (χ0n) is 22.2. The van der Waals surface area contributed by atoms with E-state index in [2.05, 4.69) is 33.1 Å². The molecule has 0 aliphatic carbocycles. The summed E-state index contributed by atoms with van der Waals surface area (Å²) >= 11 is 4.91. The number of carbonyl (C=O) groups is 2. The van der Waals surface area contributed by atoms with Crippen molar-refractivity contribution in [2.24, 2.45) is 4.99 Å². The van der Waals surface area contributed by atoms with E-state index in [4.69, 9.17) is 14.2 Å². The van der Waals surface area contributed by atoms with Gasteiger partial charge in [0.1, 0.15) is 6.61 Å². The Morgan fingerprint density at radius 3 is 2.54 bits per heavy atom. The molecular weight excluding hydrogens is 580 g/mol. The molecule has 0 atom stereocenters. The number of thioether (sulfide) groups is 1. The van der Waals surface area contributed by atoms with Crippen molar-refractivity contribution in [1.82, 2.24) is 4.90 Å². The van der Waals surface area contributed by atoms with E-state index < -0.39 is 5.97 Å². The van der Waals surface area contributed by atoms with Crippen LogP contribution in [0.1, 0.15) is 40.9 Å². The van der Waals surface area contributed by atoms with E-state index in [1.165, 1.54) is 24.4 Å². The molecule has 1 fully saturated rings. The molecule has 3 aromatic rings. The minimum atomic E-state index is -0.442. The number of aliphatic imine (C=N–C) groups is 1. The van der Waals surface area contributed by atoms with Gasteiger partial charge in [-0.05, 0) is 96.0 Å². The van der Waals surface area contributed by atoms with Gasteiger partial charge in [-0.3, -0.25) is 9.69 Å². The lowest BCUT2D eigenvalue weighted by Crippen LogP contribution is -2.28. The number of hydrogen-bond acceptors (Lipinski definition) is 7. The molecule has 1 aliphatic rings. The van der Waals surface area contributed by atoms with Crippen LogP contribution in [0.5, 0.6) is 11.5 Å². The molecule has 1 saturated heterocycles. The molecule has 0 N–H and O–H groups in total. The highest BCUT2D eigenvalue weighted by atomic mass is 79.9. The molecule has 0 spiro atoms. The third-order valence-corrected chi connectivity index (χ3v) is 7.43. The van der Waals surface area contributed by atoms with Crippen molar-refractivity contribution in [2.75, 3.05) is 20.3 Å². The van der Waals surface area contributed by atoms with Gasteiger partial charge in [0.05, 0.1) is 34.3 Å². The highest BCUT2D eigenvalue weighted by Gasteiger charge is 2.32. The van der Waals surface area contributed by atoms with E-state index in [9.17, 15) is 9.59 Å². The van der Waals surface area contributed by atoms with Crippen LogP contribution in [-0.2, 0) is 16.1 Å². The molecule has 0 radical (unpaired) electrons. The summed E-state index contributed by atoms with van der Waals surface area (Å²) in [6, 6.07) is 18.8. The van der Waals surface area contributed by atoms with Gasteiger partial charge in [-0.2, -0.15) is 0 Å². The van der Waals surface area contributed by atoms with Crippen molar-refractivity contribution in [2.45, 2.75) is 27.4 Å². The van der Waals surface area contributed by atoms with Crippen LogP contribution in [0.2, 0.25) is 0 Å². The highest BCUT2D eigenvalue weighted by Crippen LogP contribution is 2.40. The Kier molecular flexibility index (Phi) is 9.48. The molecule has 7 nitrogen and oxygen atoms in total. The Morgan fingerprint density at radius 2 is 1.85 bits per heavy atom. The third-order valence-electron chi connectivity index (χ3n) is 5.83. The summed E-state index contributed by atoms with van der Waals surface area (Å²) in [6.45, 7) is 7.18. The van der Waals surface area contributed by atoms with Crippen molar-refractivity contribution in [1.29, 1.82) is 0 Å². The summed E-state index contributed by atoms with van der Waals surface area (Å²) in [5, 5.41) is 0.540. The van der Waals surface area contributed by atoms with E-state index in [1.54, 1.807) is 29.2 Å². The number of nitrogens with zero attached hydrogens (tertiary/aromatic N) is 2. The fourth-order valence-corrected chi connectivity index (χ4v) is 5.50. The van der Waals surface area contributed by atoms with Crippen LogP contribution in [0.3, 0.4) is 0 Å². The van der Waals surface area contributed by atoms with Crippen molar-refractivity contribution < 1.29 is 23.8 Å². The molecule has 39 heavy (non-hydrogen) atoms. The monoisotopic (exact) mass is 608 g/mol. The number of halogens is 1. The fraction of sp³-hybridized carbons (Fsp3) is 0.233. The highest BCUT2D eigenvalue weighted by molar-refractivity contribution is 9.10. The van der Waals surface area contributed by atoms with Crippen LogP contribution in [0.15, 0.2) is 75.0 Å². The number of rotatable bonds is 9. The number of amides is 1. The van der Waals surface area contributed by atoms with Crippen LogP contribution in [0.4, 0.5) is 5.69 Å². The predicted molar refractivity (Wildman–Crippen MR) is 159 cm³/mol. The largest absolute Gasteiger partial charge is 0.490 e. The Bertz CT molecular complexity index is 1440. The van der Waals surface area contributed by atoms with Gasteiger partial charge in [0.2, 0.25) is 0 Å². The van der Waals surface area contributed by atoms with Crippen LogP contribution in [0, 0.1) is 6.92 Å². The lowest BCUT2D eigenvalue weighted by molar-refractivity contribution is -0.122. The second-order valence-corrected chi connectivity index (χ2v) is 10.5. The zero-order valence-corrected chi connectivity index (χ0v) is 24.6. The average molecular weight is 610 g/mol. The molecule has 0 unspecified atom stereocenters. The van der Waals surface area contributed by atoms with Crippen LogP contribution in [0.25, 0.3) is 6.08 Å². The minimum Gasteiger partial charge on any atom is -0.490 e. The number of esters is 1. The molecule has 9 heteroatoms. The first kappa shape index (κ1) is 28.4. The van der Waals surface area contributed by atoms with Crippen LogP contribution >= 0.6 is 27.7 Å². The first-order valence-electron chi connectivity index (χ1n) is 12.5. The summed E-state index contributed by atoms with van der Waals surface area (Å²) in [5.41, 5.74) is 3.98. The van der Waals surface area contributed by atoms with Gasteiger partial charge >= 0.3 is 5.97 Å². The topological polar surface area (TPSA) is 77.4 Å². The summed E-state index contributed by atoms with van der Waals surface area (Å²) in [7, 11) is 1.33. The maximum Gasteiger partial charge on any atom is 0.337 e. The molecule has 3 aromatic carbocycles. The second-order valence-electron chi connectivity index (χ2n) is 8.63. The van der Waals surface area contributed by atoms with Gasteiger partial charge in [0, 0.05) is 6.54 Å². The number of ether oxygens (including phenoxy) is 3. The Morgan fingerprint density at radius 1 is 1.08 bits per heavy atom. The van der Waals surface area contributed by atoms with E-state index in [-0.39, 0.29) is 5.91 Å². The molecule has 1 amide bonds. The van der Waals surface area contributed by atoms with Crippen molar-refractivity contribution in [3.8, 4) is 11.5 Å². The van der Waals surface area contributed by atoms with E-state index in [1.807, 2.05) is 51.1 Å². The van der Waals surface area contributed by atoms with Crippen molar-refractivity contribution in [3.63, 3.8) is 0 Å². The fourth-order valence-electron chi connectivity index (χ4n) is 3.87. The molecule has 0 saturated carbocycles. The first-order chi connectivity index (χ1) is 18.8. The lowest BCUT2D eigenvalue weighted by Gasteiger charge is -2.15. The SMILES string of the molecule is CCOc1cc(C=C2SC(=Nc3cccc(C(=O)OC)c3)N(CC)C2=O)cc(Br)c1OCc1ccc(C)cc1. The standard InChI is InChI=1S/C30H29BrN2O5S/c1-5-33-28(34)26(39-30(33)32-23-9-7-8-22(17-23)29(35)36-4)16-21-14-24(31)27(25(15-21)37-6-2)38-18-20-12-10-19(3)11-13-20/h7-17H,5-6,18H2,1-4H3. The molecule has 202 valence electrons. The molecule has 1 aliphatic heterocycles. The summed E-state index contributed by atoms with van der Waals surface area (Å²) in [6.07, 6.45) is 1.82. The number of carbonyl (C=O) groups excluding carboxylic acids is 2. The van der Waals surface area contributed by atoms with Gasteiger partial charge in [0.15, 0.2) is 16.7 Å². The number of benzene rings is 3. The lowest BCUT2D eigenvalue weighted by atomic mass is 10.1. The first-order valence-corrected chi connectivity index (χ1v) is 14.1. The maximum atomic E-state index is 13.2. The molecular formula is C30H29BrN2O5S. The van der Waals surface area contributed by atoms with E-state index >= 15 is 0 Å². The molecule has 0 bridgehead atoms. The zero-order chi connectivity index (χ0) is 27.9. The number of likely N-dealkylation sites (N-methyl/N-ethyl adjacent to an activating group) is 1. The Labute approximate surface area is 241 Å². The molecule has 1 heterocycles. The van der Waals surface area contributed by atoms with E-state index in [0.29, 0.717) is 52.6 Å². The van der Waals surface area contributed by atoms with Gasteiger partial charge in [0.25, 0.3) is 5.91 Å². The number of aryl methyl sites for hydroxylation is 1. The molecule has 0 aromatic heterocycles. The predicted octanol–water partition coefficient (Wildman–Crippen LogP) is 7.15. The maximum absolute atomic E-state index is 13.2. The Balaban J connectivity index is 1.60. The van der Waals surface area contributed by atoms with E-state index in [0.717, 1.165) is 15.6 Å². The van der Waals surface area contributed by atoms with Crippen LogP contribution in [-0.4, -0.2) is 42.2 Å². The third kappa shape index (κ3) is 6.91. The number of methoxy groups -OCH3 is 1. The number of hydrogen-bond donors (Lipinski definition) is 0. The van der Waals surface area contributed by atoms with Gasteiger partial charge in [-0.1, -0.05) is 35.9 Å². The smallest absolute Gasteiger partial charge is 0.337 e. The molecule has 4 rings (SSSR count). The average Bonchev–Trinajstić information content (AvgIpc) is 3.22. The quantitative estimate of drug-likeness (QED) is 0.190. The summed E-state index contributed by atoms with van der Waals surface area (Å²) in [4.78, 5) is 31.9. The Hall–Kier alpha value is -3.56. The normalized spacial score (nSPS) is 15.2. The van der Waals surface area contributed by atoms with Crippen molar-refractivity contribution >= 4 is 56.5 Å². The summed E-state index contributed by atoms with van der Waals surface area (Å²) in [5.74, 6) is 0.608. The van der Waals surface area contributed by atoms with Gasteiger partial charge in [-0.15, -0.1) is 0 Å². The second kappa shape index (κ2) is 13.0.